The second-order valence-electron chi connectivity index (χ2n) is 5.90. The molecule has 2 aromatic carbocycles. The van der Waals surface area contributed by atoms with Crippen LogP contribution >= 0.6 is 0 Å². The first-order chi connectivity index (χ1) is 12.2. The van der Waals surface area contributed by atoms with Crippen molar-refractivity contribution in [3.63, 3.8) is 0 Å². The van der Waals surface area contributed by atoms with E-state index in [1.54, 1.807) is 17.0 Å². The van der Waals surface area contributed by atoms with Gasteiger partial charge in [-0.25, -0.2) is 4.98 Å². The van der Waals surface area contributed by atoms with Crippen LogP contribution in [0.4, 0.5) is 0 Å². The lowest BCUT2D eigenvalue weighted by Gasteiger charge is -2.29. The van der Waals surface area contributed by atoms with Gasteiger partial charge in [-0.05, 0) is 23.3 Å². The molecular weight excluding hydrogens is 316 g/mol. The van der Waals surface area contributed by atoms with Gasteiger partial charge in [0.15, 0.2) is 11.5 Å². The second kappa shape index (κ2) is 6.11. The van der Waals surface area contributed by atoms with Crippen LogP contribution in [-0.4, -0.2) is 21.5 Å². The van der Waals surface area contributed by atoms with Crippen molar-refractivity contribution in [1.82, 2.24) is 9.55 Å². The maximum absolute atomic E-state index is 11.7. The molecule has 1 aliphatic rings. The average molecular weight is 334 g/mol. The smallest absolute Gasteiger partial charge is 0.231 e. The Kier molecular flexibility index (Phi) is 3.78. The number of benzene rings is 2. The number of ether oxygens (including phenoxy) is 2. The van der Waals surface area contributed by atoms with E-state index < -0.39 is 5.60 Å². The Hall–Kier alpha value is -3.05. The van der Waals surface area contributed by atoms with Crippen LogP contribution < -0.4 is 9.47 Å². The Morgan fingerprint density at radius 1 is 1.12 bits per heavy atom. The molecule has 0 radical (unpaired) electrons. The van der Waals surface area contributed by atoms with Crippen LogP contribution in [0.3, 0.4) is 0 Å². The predicted molar refractivity (Wildman–Crippen MR) is 94.3 cm³/mol. The third-order valence-electron chi connectivity index (χ3n) is 4.46. The zero-order valence-electron chi connectivity index (χ0n) is 13.6. The van der Waals surface area contributed by atoms with E-state index in [2.05, 4.69) is 11.6 Å². The van der Waals surface area contributed by atoms with E-state index in [-0.39, 0.29) is 6.79 Å². The molecule has 25 heavy (non-hydrogen) atoms. The zero-order chi connectivity index (χ0) is 17.3. The molecule has 1 aliphatic heterocycles. The standard InChI is InChI=1S/C20H18N2O3/c1-2-22-11-10-21-19(22)13-20(23,15-6-4-3-5-7-15)16-8-9-17-18(12-16)25-14-24-17/h2-12,23H,1,13-14H2. The monoisotopic (exact) mass is 334 g/mol. The van der Waals surface area contributed by atoms with Crippen LogP contribution in [0.1, 0.15) is 17.0 Å². The Bertz CT molecular complexity index is 904. The Balaban J connectivity index is 1.83. The summed E-state index contributed by atoms with van der Waals surface area (Å²) in [4.78, 5) is 4.37. The van der Waals surface area contributed by atoms with Gasteiger partial charge in [-0.15, -0.1) is 0 Å². The van der Waals surface area contributed by atoms with Crippen LogP contribution in [0, 0.1) is 0 Å². The van der Waals surface area contributed by atoms with Crippen LogP contribution in [0.5, 0.6) is 11.5 Å². The first kappa shape index (κ1) is 15.5. The van der Waals surface area contributed by atoms with Gasteiger partial charge in [-0.1, -0.05) is 43.0 Å². The summed E-state index contributed by atoms with van der Waals surface area (Å²) in [5, 5.41) is 11.7. The van der Waals surface area contributed by atoms with E-state index >= 15 is 0 Å². The van der Waals surface area contributed by atoms with E-state index in [1.165, 1.54) is 0 Å². The molecule has 1 aromatic heterocycles. The predicted octanol–water partition coefficient (Wildman–Crippen LogP) is 3.19. The highest BCUT2D eigenvalue weighted by Crippen LogP contribution is 2.39. The molecule has 1 atom stereocenters. The van der Waals surface area contributed by atoms with E-state index in [0.29, 0.717) is 17.9 Å². The molecule has 3 aromatic rings. The number of nitrogens with zero attached hydrogens (tertiary/aromatic N) is 2. The summed E-state index contributed by atoms with van der Waals surface area (Å²) in [5.74, 6) is 2.05. The minimum Gasteiger partial charge on any atom is -0.454 e. The minimum atomic E-state index is -1.26. The molecule has 0 bridgehead atoms. The van der Waals surface area contributed by atoms with Crippen LogP contribution in [-0.2, 0) is 12.0 Å². The second-order valence-corrected chi connectivity index (χ2v) is 5.90. The molecule has 0 amide bonds. The van der Waals surface area contributed by atoms with Crippen molar-refractivity contribution in [2.75, 3.05) is 6.79 Å². The highest BCUT2D eigenvalue weighted by atomic mass is 16.7. The third-order valence-corrected chi connectivity index (χ3v) is 4.46. The fraction of sp³-hybridized carbons (Fsp3) is 0.150. The SMILES string of the molecule is C=Cn1ccnc1CC(O)(c1ccccc1)c1ccc2c(c1)OCO2. The van der Waals surface area contributed by atoms with Gasteiger partial charge in [0.05, 0.1) is 0 Å². The third kappa shape index (κ3) is 2.68. The number of hydrogen-bond donors (Lipinski definition) is 1. The fourth-order valence-electron chi connectivity index (χ4n) is 3.11. The van der Waals surface area contributed by atoms with Gasteiger partial charge in [-0.2, -0.15) is 0 Å². The largest absolute Gasteiger partial charge is 0.454 e. The summed E-state index contributed by atoms with van der Waals surface area (Å²) in [6.45, 7) is 3.99. The van der Waals surface area contributed by atoms with E-state index in [9.17, 15) is 5.11 Å². The first-order valence-electron chi connectivity index (χ1n) is 8.03. The molecule has 5 nitrogen and oxygen atoms in total. The number of hydrogen-bond acceptors (Lipinski definition) is 4. The first-order valence-corrected chi connectivity index (χ1v) is 8.03. The average Bonchev–Trinajstić information content (AvgIpc) is 3.30. The van der Waals surface area contributed by atoms with Gasteiger partial charge in [0.25, 0.3) is 0 Å². The molecule has 5 heteroatoms. The van der Waals surface area contributed by atoms with Crippen LogP contribution in [0.25, 0.3) is 6.20 Å². The van der Waals surface area contributed by atoms with E-state index in [4.69, 9.17) is 9.47 Å². The molecule has 4 rings (SSSR count). The Morgan fingerprint density at radius 3 is 2.72 bits per heavy atom. The summed E-state index contributed by atoms with van der Waals surface area (Å²) in [6, 6.07) is 15.1. The van der Waals surface area contributed by atoms with Crippen molar-refractivity contribution >= 4 is 6.20 Å². The molecule has 2 heterocycles. The summed E-state index contributed by atoms with van der Waals surface area (Å²) in [5.41, 5.74) is 0.253. The lowest BCUT2D eigenvalue weighted by atomic mass is 9.83. The van der Waals surface area contributed by atoms with Crippen molar-refractivity contribution in [2.45, 2.75) is 12.0 Å². The Morgan fingerprint density at radius 2 is 1.92 bits per heavy atom. The maximum Gasteiger partial charge on any atom is 0.231 e. The van der Waals surface area contributed by atoms with Crippen molar-refractivity contribution in [3.05, 3.63) is 84.5 Å². The van der Waals surface area contributed by atoms with Gasteiger partial charge in [-0.3, -0.25) is 0 Å². The van der Waals surface area contributed by atoms with Crippen molar-refractivity contribution in [2.24, 2.45) is 0 Å². The molecule has 126 valence electrons. The maximum atomic E-state index is 11.7. The molecule has 1 N–H and O–H groups in total. The zero-order valence-corrected chi connectivity index (χ0v) is 13.6. The van der Waals surface area contributed by atoms with Gasteiger partial charge in [0.2, 0.25) is 6.79 Å². The minimum absolute atomic E-state index is 0.198. The number of fused-ring (bicyclic) bond motifs is 1. The highest BCUT2D eigenvalue weighted by molar-refractivity contribution is 5.49. The van der Waals surface area contributed by atoms with Gasteiger partial charge < -0.3 is 19.1 Å². The van der Waals surface area contributed by atoms with E-state index in [1.807, 2.05) is 54.7 Å². The van der Waals surface area contributed by atoms with Crippen LogP contribution in [0.2, 0.25) is 0 Å². The molecule has 1 unspecified atom stereocenters. The van der Waals surface area contributed by atoms with E-state index in [0.717, 1.165) is 17.0 Å². The molecule has 0 spiro atoms. The topological polar surface area (TPSA) is 56.5 Å². The molecule has 0 fully saturated rings. The van der Waals surface area contributed by atoms with Gasteiger partial charge in [0.1, 0.15) is 11.4 Å². The normalized spacial score (nSPS) is 14.9. The quantitative estimate of drug-likeness (QED) is 0.778. The molecule has 0 saturated heterocycles. The van der Waals surface area contributed by atoms with Crippen molar-refractivity contribution < 1.29 is 14.6 Å². The highest BCUT2D eigenvalue weighted by Gasteiger charge is 2.34. The summed E-state index contributed by atoms with van der Waals surface area (Å²) < 4.78 is 12.7. The Labute approximate surface area is 145 Å². The van der Waals surface area contributed by atoms with Gasteiger partial charge in [0, 0.05) is 25.0 Å². The lowest BCUT2D eigenvalue weighted by molar-refractivity contribution is 0.0783. The number of rotatable bonds is 5. The summed E-state index contributed by atoms with van der Waals surface area (Å²) >= 11 is 0. The molecule has 0 saturated carbocycles. The summed E-state index contributed by atoms with van der Waals surface area (Å²) in [7, 11) is 0. The van der Waals surface area contributed by atoms with Crippen molar-refractivity contribution in [3.8, 4) is 11.5 Å². The molecule has 0 aliphatic carbocycles. The lowest BCUT2D eigenvalue weighted by Crippen LogP contribution is -2.31. The van der Waals surface area contributed by atoms with Crippen LogP contribution in [0.15, 0.2) is 67.5 Å². The number of aliphatic hydroxyl groups is 1. The molecular formula is C20H18N2O3. The fourth-order valence-corrected chi connectivity index (χ4v) is 3.11. The van der Waals surface area contributed by atoms with Gasteiger partial charge >= 0.3 is 0 Å². The van der Waals surface area contributed by atoms with Crippen molar-refractivity contribution in [1.29, 1.82) is 0 Å². The number of aromatic nitrogens is 2. The number of imidazole rings is 1. The summed E-state index contributed by atoms with van der Waals surface area (Å²) in [6.07, 6.45) is 5.48.